The zero-order valence-electron chi connectivity index (χ0n) is 13.2. The maximum Gasteiger partial charge on any atom is 0.270 e. The molecule has 7 heteroatoms. The fourth-order valence-corrected chi connectivity index (χ4v) is 2.42. The van der Waals surface area contributed by atoms with Gasteiger partial charge in [-0.3, -0.25) is 10.1 Å². The molecule has 2 N–H and O–H groups in total. The fourth-order valence-electron chi connectivity index (χ4n) is 2.42. The number of anilines is 1. The Balaban J connectivity index is 1.96. The molecule has 3 rings (SSSR count). The minimum atomic E-state index is -0.293. The number of ether oxygens (including phenoxy) is 1. The molecule has 2 aromatic carbocycles. The fraction of sp³-hybridized carbons (Fsp3) is 0.176. The summed E-state index contributed by atoms with van der Waals surface area (Å²) in [4.78, 5) is 12.6. The van der Waals surface area contributed by atoms with Gasteiger partial charge in [-0.1, -0.05) is 47.6 Å². The molecule has 0 bridgehead atoms. The molecule has 0 saturated heterocycles. The summed E-state index contributed by atoms with van der Waals surface area (Å²) in [5, 5.41) is 15.8. The van der Waals surface area contributed by atoms with Gasteiger partial charge in [-0.2, -0.15) is 5.21 Å². The van der Waals surface area contributed by atoms with Crippen LogP contribution >= 0.6 is 0 Å². The van der Waals surface area contributed by atoms with Crippen molar-refractivity contribution >= 4 is 11.9 Å². The van der Waals surface area contributed by atoms with E-state index in [1.165, 1.54) is 0 Å². The highest BCUT2D eigenvalue weighted by Crippen LogP contribution is 2.28. The Hall–Kier alpha value is -3.06. The molecule has 0 aliphatic carbocycles. The molecule has 1 aromatic heterocycles. The molecule has 0 radical (unpaired) electrons. The molecular weight excluding hydrogens is 306 g/mol. The summed E-state index contributed by atoms with van der Waals surface area (Å²) in [6, 6.07) is 15.3. The predicted octanol–water partition coefficient (Wildman–Crippen LogP) is 2.66. The molecule has 0 atom stereocenters. The van der Waals surface area contributed by atoms with E-state index in [0.717, 1.165) is 16.7 Å². The van der Waals surface area contributed by atoms with Crippen LogP contribution in [-0.4, -0.2) is 33.1 Å². The third-order valence-electron chi connectivity index (χ3n) is 3.51. The van der Waals surface area contributed by atoms with Crippen molar-refractivity contribution in [2.24, 2.45) is 0 Å². The molecule has 7 nitrogen and oxygen atoms in total. The summed E-state index contributed by atoms with van der Waals surface area (Å²) in [6.07, 6.45) is 0. The lowest BCUT2D eigenvalue weighted by atomic mass is 9.95. The summed E-state index contributed by atoms with van der Waals surface area (Å²) in [5.74, 6) is -0.157. The van der Waals surface area contributed by atoms with Gasteiger partial charge in [-0.05, 0) is 34.9 Å². The van der Waals surface area contributed by atoms with Crippen LogP contribution in [0.2, 0.25) is 0 Å². The largest absolute Gasteiger partial charge is 0.377 e. The number of carbonyl (C=O) groups is 1. The quantitative estimate of drug-likeness (QED) is 0.727. The first-order chi connectivity index (χ1) is 11.8. The Bertz CT molecular complexity index is 817. The number of amides is 1. The van der Waals surface area contributed by atoms with Crippen LogP contribution in [0.3, 0.4) is 0 Å². The van der Waals surface area contributed by atoms with E-state index in [9.17, 15) is 4.79 Å². The smallest absolute Gasteiger partial charge is 0.270 e. The number of hydrogen-bond acceptors (Lipinski definition) is 5. The first-order valence-electron chi connectivity index (χ1n) is 7.59. The molecule has 0 aliphatic heterocycles. The van der Waals surface area contributed by atoms with Gasteiger partial charge >= 0.3 is 0 Å². The molecule has 1 heterocycles. The Morgan fingerprint density at radius 3 is 2.62 bits per heavy atom. The van der Waals surface area contributed by atoms with Crippen molar-refractivity contribution in [3.8, 4) is 11.1 Å². The van der Waals surface area contributed by atoms with Crippen molar-refractivity contribution in [1.82, 2.24) is 20.6 Å². The van der Waals surface area contributed by atoms with Crippen LogP contribution in [0.1, 0.15) is 22.8 Å². The Morgan fingerprint density at radius 2 is 1.88 bits per heavy atom. The van der Waals surface area contributed by atoms with Crippen LogP contribution < -0.4 is 5.32 Å². The van der Waals surface area contributed by atoms with Crippen molar-refractivity contribution in [3.05, 3.63) is 59.7 Å². The number of tetrazole rings is 1. The molecule has 3 aromatic rings. The second kappa shape index (κ2) is 7.47. The highest BCUT2D eigenvalue weighted by Gasteiger charge is 2.16. The molecule has 24 heavy (non-hydrogen) atoms. The number of hydrogen-bond donors (Lipinski definition) is 2. The summed E-state index contributed by atoms with van der Waals surface area (Å²) in [6.45, 7) is 3.08. The Labute approximate surface area is 139 Å². The number of nitrogens with zero attached hydrogens (tertiary/aromatic N) is 3. The van der Waals surface area contributed by atoms with E-state index in [0.29, 0.717) is 18.8 Å². The molecule has 1 amide bonds. The minimum absolute atomic E-state index is 0.136. The van der Waals surface area contributed by atoms with Gasteiger partial charge in [-0.15, -0.1) is 5.10 Å². The summed E-state index contributed by atoms with van der Waals surface area (Å²) in [7, 11) is 0. The maximum absolute atomic E-state index is 12.6. The second-order valence-electron chi connectivity index (χ2n) is 5.03. The number of benzene rings is 2. The lowest BCUT2D eigenvalue weighted by molar-refractivity contribution is 0.102. The van der Waals surface area contributed by atoms with Gasteiger partial charge in [0.15, 0.2) is 0 Å². The number of rotatable bonds is 6. The number of H-pyrrole nitrogens is 1. The second-order valence-corrected chi connectivity index (χ2v) is 5.03. The third-order valence-corrected chi connectivity index (χ3v) is 3.51. The first kappa shape index (κ1) is 15.8. The summed E-state index contributed by atoms with van der Waals surface area (Å²) in [5.41, 5.74) is 3.35. The van der Waals surface area contributed by atoms with Crippen LogP contribution in [0.5, 0.6) is 0 Å². The van der Waals surface area contributed by atoms with Crippen molar-refractivity contribution < 1.29 is 9.53 Å². The molecular formula is C17H17N5O2. The van der Waals surface area contributed by atoms with Gasteiger partial charge in [0.2, 0.25) is 0 Å². The SMILES string of the molecule is CCOCc1ccccc1-c1ccccc1C(=O)Nc1nn[nH]n1. The number of carbonyl (C=O) groups excluding carboxylic acids is 1. The maximum atomic E-state index is 12.6. The molecule has 0 spiro atoms. The summed E-state index contributed by atoms with van der Waals surface area (Å²) >= 11 is 0. The lowest BCUT2D eigenvalue weighted by Crippen LogP contribution is -2.14. The van der Waals surface area contributed by atoms with E-state index in [1.807, 2.05) is 49.4 Å². The van der Waals surface area contributed by atoms with Gasteiger partial charge in [0.05, 0.1) is 6.61 Å². The topological polar surface area (TPSA) is 92.8 Å². The van der Waals surface area contributed by atoms with E-state index < -0.39 is 0 Å². The van der Waals surface area contributed by atoms with Crippen LogP contribution in [0, 0.1) is 0 Å². The lowest BCUT2D eigenvalue weighted by Gasteiger charge is -2.13. The Kier molecular flexibility index (Phi) is 4.93. The highest BCUT2D eigenvalue weighted by atomic mass is 16.5. The first-order valence-corrected chi connectivity index (χ1v) is 7.59. The van der Waals surface area contributed by atoms with Gasteiger partial charge in [0.25, 0.3) is 11.9 Å². The van der Waals surface area contributed by atoms with Crippen LogP contribution in [0.15, 0.2) is 48.5 Å². The molecule has 0 aliphatic rings. The van der Waals surface area contributed by atoms with Gasteiger partial charge in [-0.25, -0.2) is 0 Å². The van der Waals surface area contributed by atoms with E-state index in [-0.39, 0.29) is 11.9 Å². The van der Waals surface area contributed by atoms with Crippen LogP contribution in [0.4, 0.5) is 5.95 Å². The third kappa shape index (κ3) is 3.47. The number of nitrogens with one attached hydrogen (secondary N) is 2. The van der Waals surface area contributed by atoms with E-state index >= 15 is 0 Å². The normalized spacial score (nSPS) is 10.5. The van der Waals surface area contributed by atoms with Crippen LogP contribution in [-0.2, 0) is 11.3 Å². The van der Waals surface area contributed by atoms with Crippen molar-refractivity contribution in [1.29, 1.82) is 0 Å². The zero-order chi connectivity index (χ0) is 16.8. The average molecular weight is 323 g/mol. The van der Waals surface area contributed by atoms with Gasteiger partial charge in [0, 0.05) is 12.2 Å². The van der Waals surface area contributed by atoms with Gasteiger partial charge in [0.1, 0.15) is 0 Å². The number of aromatic amines is 1. The highest BCUT2D eigenvalue weighted by molar-refractivity contribution is 6.08. The minimum Gasteiger partial charge on any atom is -0.377 e. The van der Waals surface area contributed by atoms with Crippen molar-refractivity contribution in [2.75, 3.05) is 11.9 Å². The zero-order valence-corrected chi connectivity index (χ0v) is 13.2. The molecule has 0 saturated carbocycles. The number of aromatic nitrogens is 4. The van der Waals surface area contributed by atoms with E-state index in [4.69, 9.17) is 4.74 Å². The van der Waals surface area contributed by atoms with E-state index in [2.05, 4.69) is 25.9 Å². The monoisotopic (exact) mass is 323 g/mol. The van der Waals surface area contributed by atoms with Crippen molar-refractivity contribution in [2.45, 2.75) is 13.5 Å². The molecule has 0 unspecified atom stereocenters. The molecule has 122 valence electrons. The predicted molar refractivity (Wildman–Crippen MR) is 89.3 cm³/mol. The van der Waals surface area contributed by atoms with E-state index in [1.54, 1.807) is 6.07 Å². The van der Waals surface area contributed by atoms with Crippen LogP contribution in [0.25, 0.3) is 11.1 Å². The standard InChI is InChI=1S/C17H17N5O2/c1-2-24-11-12-7-3-4-8-13(12)14-9-5-6-10-15(14)16(23)18-17-19-21-22-20-17/h3-10H,2,11H2,1H3,(H2,18,19,20,21,22,23). The Morgan fingerprint density at radius 1 is 1.12 bits per heavy atom. The average Bonchev–Trinajstić information content (AvgIpc) is 3.13. The van der Waals surface area contributed by atoms with Crippen molar-refractivity contribution in [3.63, 3.8) is 0 Å². The summed E-state index contributed by atoms with van der Waals surface area (Å²) < 4.78 is 5.53. The van der Waals surface area contributed by atoms with Gasteiger partial charge < -0.3 is 4.74 Å². The molecule has 0 fully saturated rings.